The minimum absolute atomic E-state index is 0.154. The lowest BCUT2D eigenvalue weighted by atomic mass is 10.0. The molecule has 12 heteroatoms. The van der Waals surface area contributed by atoms with Crippen molar-refractivity contribution in [2.75, 3.05) is 29.5 Å². The van der Waals surface area contributed by atoms with Gasteiger partial charge in [-0.3, -0.25) is 14.4 Å². The number of carbonyl (C=O) groups is 1. The molecule has 2 aromatic heterocycles. The monoisotopic (exact) mass is 582 g/mol. The Morgan fingerprint density at radius 2 is 1.90 bits per heavy atom. The molecule has 1 fully saturated rings. The SMILES string of the molecule is Cn1ncc2c1C(c1ccc(N3CCC(F)(F)C3)cc1F)N(c1ccc3c(c1)ncn3COCC[Si](C)(C)C)C2=O. The predicted octanol–water partition coefficient (Wildman–Crippen LogP) is 5.82. The summed E-state index contributed by atoms with van der Waals surface area (Å²) in [5.74, 6) is -3.66. The number of ether oxygens (including phenoxy) is 1. The lowest BCUT2D eigenvalue weighted by Gasteiger charge is -2.27. The summed E-state index contributed by atoms with van der Waals surface area (Å²) < 4.78 is 52.8. The minimum Gasteiger partial charge on any atom is -0.365 e. The molecule has 4 heterocycles. The van der Waals surface area contributed by atoms with Gasteiger partial charge in [-0.05, 0) is 36.4 Å². The molecule has 0 spiro atoms. The van der Waals surface area contributed by atoms with Crippen molar-refractivity contribution in [3.8, 4) is 0 Å². The topological polar surface area (TPSA) is 68.4 Å². The standard InChI is InChI=1S/C29H33F3N6O2Si/c1-35-26-22(15-34-35)28(39)38(27(26)21-7-5-19(13-23(21)30)36-10-9-29(31,32)16-36)20-6-8-25-24(14-20)33-17-37(25)18-40-11-12-41(2,3)4/h5-8,13-15,17,27H,9-12,16,18H2,1-4H3. The summed E-state index contributed by atoms with van der Waals surface area (Å²) in [6.07, 6.45) is 2.95. The number of anilines is 2. The quantitative estimate of drug-likeness (QED) is 0.194. The first-order chi connectivity index (χ1) is 19.4. The maximum Gasteiger partial charge on any atom is 0.266 e. The molecule has 0 N–H and O–H groups in total. The van der Waals surface area contributed by atoms with Crippen LogP contribution < -0.4 is 9.80 Å². The molecule has 4 aromatic rings. The maximum absolute atomic E-state index is 15.8. The largest absolute Gasteiger partial charge is 0.365 e. The molecule has 0 aliphatic carbocycles. The Balaban J connectivity index is 1.31. The van der Waals surface area contributed by atoms with Crippen LogP contribution in [0.3, 0.4) is 0 Å². The van der Waals surface area contributed by atoms with Crippen LogP contribution >= 0.6 is 0 Å². The third-order valence-corrected chi connectivity index (χ3v) is 9.58. The van der Waals surface area contributed by atoms with Gasteiger partial charge in [0, 0.05) is 51.6 Å². The van der Waals surface area contributed by atoms with Gasteiger partial charge in [0.2, 0.25) is 0 Å². The molecule has 1 saturated heterocycles. The number of hydrogen-bond acceptors (Lipinski definition) is 5. The summed E-state index contributed by atoms with van der Waals surface area (Å²) in [6, 6.07) is 10.3. The Bertz CT molecular complexity index is 1630. The number of nitrogens with zero attached hydrogens (tertiary/aromatic N) is 6. The molecule has 0 bridgehead atoms. The van der Waals surface area contributed by atoms with Crippen LogP contribution in [0.2, 0.25) is 25.7 Å². The number of benzene rings is 2. The number of hydrogen-bond donors (Lipinski definition) is 0. The van der Waals surface area contributed by atoms with Gasteiger partial charge in [-0.2, -0.15) is 5.10 Å². The third-order valence-electron chi connectivity index (χ3n) is 7.87. The lowest BCUT2D eigenvalue weighted by Crippen LogP contribution is -2.30. The molecule has 1 amide bonds. The van der Waals surface area contributed by atoms with E-state index < -0.39 is 32.4 Å². The molecule has 2 aromatic carbocycles. The Hall–Kier alpha value is -3.64. The second-order valence-electron chi connectivity index (χ2n) is 12.1. The Morgan fingerprint density at radius 3 is 2.61 bits per heavy atom. The molecule has 1 unspecified atom stereocenters. The predicted molar refractivity (Wildman–Crippen MR) is 154 cm³/mol. The van der Waals surface area contributed by atoms with Crippen LogP contribution in [-0.2, 0) is 18.5 Å². The van der Waals surface area contributed by atoms with Gasteiger partial charge in [-0.1, -0.05) is 25.7 Å². The molecular formula is C29H33F3N6O2Si. The highest BCUT2D eigenvalue weighted by Gasteiger charge is 2.43. The Morgan fingerprint density at radius 1 is 1.12 bits per heavy atom. The maximum atomic E-state index is 15.8. The van der Waals surface area contributed by atoms with Crippen LogP contribution in [0.5, 0.6) is 0 Å². The smallest absolute Gasteiger partial charge is 0.266 e. The average Bonchev–Trinajstić information content (AvgIpc) is 3.65. The van der Waals surface area contributed by atoms with Crippen molar-refractivity contribution in [1.29, 1.82) is 0 Å². The first kappa shape index (κ1) is 27.5. The summed E-state index contributed by atoms with van der Waals surface area (Å²) in [6.45, 7) is 7.70. The molecule has 41 heavy (non-hydrogen) atoms. The summed E-state index contributed by atoms with van der Waals surface area (Å²) in [5.41, 5.74) is 3.72. The van der Waals surface area contributed by atoms with Gasteiger partial charge in [0.25, 0.3) is 11.8 Å². The van der Waals surface area contributed by atoms with Crippen LogP contribution in [0.15, 0.2) is 48.9 Å². The third kappa shape index (κ3) is 5.14. The number of fused-ring (bicyclic) bond motifs is 2. The van der Waals surface area contributed by atoms with Crippen molar-refractivity contribution in [2.45, 2.75) is 50.8 Å². The highest BCUT2D eigenvalue weighted by Crippen LogP contribution is 2.43. The van der Waals surface area contributed by atoms with Crippen LogP contribution in [0, 0.1) is 5.82 Å². The summed E-state index contributed by atoms with van der Waals surface area (Å²) >= 11 is 0. The van der Waals surface area contributed by atoms with Gasteiger partial charge in [0.15, 0.2) is 0 Å². The molecule has 0 saturated carbocycles. The normalized spacial score (nSPS) is 18.6. The van der Waals surface area contributed by atoms with E-state index in [4.69, 9.17) is 4.74 Å². The van der Waals surface area contributed by atoms with Crippen molar-refractivity contribution in [2.24, 2.45) is 7.05 Å². The minimum atomic E-state index is -2.79. The number of alkyl halides is 2. The highest BCUT2D eigenvalue weighted by molar-refractivity contribution is 6.76. The van der Waals surface area contributed by atoms with E-state index in [0.717, 1.165) is 11.6 Å². The Kier molecular flexibility index (Phi) is 6.72. The van der Waals surface area contributed by atoms with E-state index in [1.807, 2.05) is 22.8 Å². The summed E-state index contributed by atoms with van der Waals surface area (Å²) in [5, 5.41) is 4.25. The number of aromatic nitrogens is 4. The van der Waals surface area contributed by atoms with Crippen molar-refractivity contribution < 1.29 is 22.7 Å². The zero-order valence-electron chi connectivity index (χ0n) is 23.6. The summed E-state index contributed by atoms with van der Waals surface area (Å²) in [7, 11) is 0.522. The van der Waals surface area contributed by atoms with Crippen LogP contribution in [0.1, 0.15) is 34.1 Å². The van der Waals surface area contributed by atoms with Gasteiger partial charge >= 0.3 is 0 Å². The van der Waals surface area contributed by atoms with Crippen molar-refractivity contribution in [3.63, 3.8) is 0 Å². The highest BCUT2D eigenvalue weighted by atomic mass is 28.3. The van der Waals surface area contributed by atoms with Crippen LogP contribution in [0.25, 0.3) is 11.0 Å². The van der Waals surface area contributed by atoms with Crippen LogP contribution in [-0.4, -0.2) is 58.9 Å². The molecule has 8 nitrogen and oxygen atoms in total. The van der Waals surface area contributed by atoms with Crippen molar-refractivity contribution in [1.82, 2.24) is 19.3 Å². The van der Waals surface area contributed by atoms with Gasteiger partial charge in [-0.15, -0.1) is 0 Å². The number of halogens is 3. The fourth-order valence-corrected chi connectivity index (χ4v) is 6.35. The van der Waals surface area contributed by atoms with E-state index in [-0.39, 0.29) is 24.4 Å². The van der Waals surface area contributed by atoms with E-state index >= 15 is 4.39 Å². The molecule has 1 atom stereocenters. The zero-order valence-corrected chi connectivity index (χ0v) is 24.6. The van der Waals surface area contributed by atoms with E-state index in [9.17, 15) is 13.6 Å². The van der Waals surface area contributed by atoms with E-state index in [1.165, 1.54) is 17.2 Å². The molecule has 6 rings (SSSR count). The second-order valence-corrected chi connectivity index (χ2v) is 17.7. The lowest BCUT2D eigenvalue weighted by molar-refractivity contribution is 0.0257. The van der Waals surface area contributed by atoms with Crippen LogP contribution in [0.4, 0.5) is 24.5 Å². The van der Waals surface area contributed by atoms with Gasteiger partial charge in [-0.25, -0.2) is 18.2 Å². The molecular weight excluding hydrogens is 549 g/mol. The molecule has 0 radical (unpaired) electrons. The second kappa shape index (κ2) is 10.0. The number of rotatable bonds is 8. The van der Waals surface area contributed by atoms with Gasteiger partial charge in [0.1, 0.15) is 18.6 Å². The van der Waals surface area contributed by atoms with E-state index in [1.54, 1.807) is 35.1 Å². The number of imidazole rings is 1. The fraction of sp³-hybridized carbons (Fsp3) is 0.414. The van der Waals surface area contributed by atoms with E-state index in [2.05, 4.69) is 29.7 Å². The summed E-state index contributed by atoms with van der Waals surface area (Å²) in [4.78, 5) is 21.2. The fourth-order valence-electron chi connectivity index (χ4n) is 5.59. The number of amides is 1. The number of aryl methyl sites for hydroxylation is 1. The molecule has 216 valence electrons. The van der Waals surface area contributed by atoms with E-state index in [0.29, 0.717) is 41.5 Å². The van der Waals surface area contributed by atoms with Crippen molar-refractivity contribution >= 4 is 36.4 Å². The van der Waals surface area contributed by atoms with Gasteiger partial charge in [0.05, 0.1) is 41.4 Å². The van der Waals surface area contributed by atoms with Crippen molar-refractivity contribution in [3.05, 3.63) is 71.6 Å². The Labute approximate surface area is 237 Å². The number of carbonyl (C=O) groups excluding carboxylic acids is 1. The average molecular weight is 583 g/mol. The zero-order chi connectivity index (χ0) is 29.1. The van der Waals surface area contributed by atoms with Gasteiger partial charge < -0.3 is 14.2 Å². The first-order valence-corrected chi connectivity index (χ1v) is 17.4. The molecule has 2 aliphatic heterocycles. The first-order valence-electron chi connectivity index (χ1n) is 13.7. The molecule has 2 aliphatic rings.